The first-order valence-corrected chi connectivity index (χ1v) is 7.17. The van der Waals surface area contributed by atoms with Gasteiger partial charge in [0.05, 0.1) is 10.7 Å². The second kappa shape index (κ2) is 5.80. The van der Waals surface area contributed by atoms with Crippen molar-refractivity contribution in [3.8, 4) is 17.1 Å². The topological polar surface area (TPSA) is 17.8 Å². The van der Waals surface area contributed by atoms with Gasteiger partial charge < -0.3 is 0 Å². The van der Waals surface area contributed by atoms with Gasteiger partial charge in [0.2, 0.25) is 0 Å². The maximum atomic E-state index is 4.82. The molecule has 2 heteroatoms. The smallest absolute Gasteiger partial charge is 0.145 e. The van der Waals surface area contributed by atoms with Gasteiger partial charge >= 0.3 is 0 Å². The van der Waals surface area contributed by atoms with E-state index in [0.717, 1.165) is 27.8 Å². The number of hydrogen-bond donors (Lipinski definition) is 0. The molecule has 0 spiro atoms. The molecule has 21 heavy (non-hydrogen) atoms. The molecule has 0 atom stereocenters. The molecule has 0 saturated carbocycles. The zero-order chi connectivity index (χ0) is 14.7. The Morgan fingerprint density at radius 3 is 2.00 bits per heavy atom. The monoisotopic (exact) mass is 274 g/mol. The summed E-state index contributed by atoms with van der Waals surface area (Å²) in [5, 5.41) is 2.14. The Hall–Kier alpha value is -2.61. The van der Waals surface area contributed by atoms with Gasteiger partial charge in [0.15, 0.2) is 0 Å². The molecule has 1 aromatic heterocycles. The number of hydrogen-bond acceptors (Lipinski definition) is 1. The highest BCUT2D eigenvalue weighted by molar-refractivity contribution is 5.59. The van der Waals surface area contributed by atoms with Crippen molar-refractivity contribution in [3.63, 3.8) is 0 Å². The summed E-state index contributed by atoms with van der Waals surface area (Å²) in [6, 6.07) is 20.7. The minimum atomic E-state index is 0.975. The summed E-state index contributed by atoms with van der Waals surface area (Å²) in [6.07, 6.45) is 4.17. The summed E-state index contributed by atoms with van der Waals surface area (Å²) in [6.45, 7) is 4.08. The van der Waals surface area contributed by atoms with E-state index in [1.807, 2.05) is 31.2 Å². The molecule has 2 nitrogen and oxygen atoms in total. The quantitative estimate of drug-likeness (QED) is 0.702. The molecular formula is C19H18N2. The van der Waals surface area contributed by atoms with Gasteiger partial charge in [-0.05, 0) is 26.0 Å². The molecule has 0 aliphatic heterocycles. The molecule has 104 valence electrons. The normalized spacial score (nSPS) is 12.9. The first-order chi connectivity index (χ1) is 10.3. The molecule has 2 aromatic carbocycles. The van der Waals surface area contributed by atoms with Crippen molar-refractivity contribution in [2.75, 3.05) is 0 Å². The number of para-hydroxylation sites is 1. The van der Waals surface area contributed by atoms with Crippen molar-refractivity contribution >= 4 is 12.2 Å². The molecule has 0 fully saturated rings. The molecule has 3 rings (SSSR count). The van der Waals surface area contributed by atoms with Crippen LogP contribution in [0.5, 0.6) is 0 Å². The van der Waals surface area contributed by atoms with Gasteiger partial charge in [-0.3, -0.25) is 4.57 Å². The van der Waals surface area contributed by atoms with E-state index >= 15 is 0 Å². The lowest BCUT2D eigenvalue weighted by Crippen LogP contribution is -2.28. The number of aromatic nitrogens is 2. The predicted molar refractivity (Wildman–Crippen MR) is 88.5 cm³/mol. The minimum Gasteiger partial charge on any atom is -0.293 e. The summed E-state index contributed by atoms with van der Waals surface area (Å²) >= 11 is 0. The Morgan fingerprint density at radius 2 is 1.43 bits per heavy atom. The average molecular weight is 274 g/mol. The van der Waals surface area contributed by atoms with Crippen LogP contribution in [0, 0.1) is 0 Å². The van der Waals surface area contributed by atoms with Crippen molar-refractivity contribution in [2.24, 2.45) is 0 Å². The van der Waals surface area contributed by atoms with E-state index in [0.29, 0.717) is 0 Å². The van der Waals surface area contributed by atoms with Crippen molar-refractivity contribution in [1.82, 2.24) is 9.55 Å². The van der Waals surface area contributed by atoms with E-state index in [4.69, 9.17) is 4.98 Å². The lowest BCUT2D eigenvalue weighted by Gasteiger charge is -2.08. The van der Waals surface area contributed by atoms with Crippen LogP contribution in [-0.4, -0.2) is 9.55 Å². The summed E-state index contributed by atoms with van der Waals surface area (Å²) < 4.78 is 2.21. The molecule has 3 aromatic rings. The Labute approximate surface area is 124 Å². The Kier molecular flexibility index (Phi) is 3.69. The van der Waals surface area contributed by atoms with Crippen LogP contribution in [0.25, 0.3) is 29.2 Å². The second-order valence-corrected chi connectivity index (χ2v) is 4.82. The van der Waals surface area contributed by atoms with E-state index in [1.54, 1.807) is 0 Å². The van der Waals surface area contributed by atoms with Crippen molar-refractivity contribution < 1.29 is 0 Å². The van der Waals surface area contributed by atoms with Crippen LogP contribution in [0.1, 0.15) is 13.8 Å². The Morgan fingerprint density at radius 1 is 0.810 bits per heavy atom. The largest absolute Gasteiger partial charge is 0.293 e. The fourth-order valence-electron chi connectivity index (χ4n) is 2.56. The number of nitrogens with zero attached hydrogens (tertiary/aromatic N) is 2. The van der Waals surface area contributed by atoms with Crippen molar-refractivity contribution in [2.45, 2.75) is 13.8 Å². The molecule has 0 saturated heterocycles. The van der Waals surface area contributed by atoms with E-state index in [-0.39, 0.29) is 0 Å². The predicted octanol–water partition coefficient (Wildman–Crippen LogP) is 3.14. The van der Waals surface area contributed by atoms with Crippen molar-refractivity contribution in [1.29, 1.82) is 0 Å². The zero-order valence-corrected chi connectivity index (χ0v) is 12.3. The van der Waals surface area contributed by atoms with Gasteiger partial charge in [0.25, 0.3) is 0 Å². The SMILES string of the molecule is C/C=c1/nc(-c2ccccc2)n(-c2ccccc2)/c1=C/C. The van der Waals surface area contributed by atoms with E-state index in [2.05, 4.69) is 60.0 Å². The molecule has 0 unspecified atom stereocenters. The summed E-state index contributed by atoms with van der Waals surface area (Å²) in [5.41, 5.74) is 2.25. The zero-order valence-electron chi connectivity index (χ0n) is 12.3. The van der Waals surface area contributed by atoms with Gasteiger partial charge in [-0.1, -0.05) is 60.7 Å². The molecule has 0 bridgehead atoms. The molecule has 1 heterocycles. The fourth-order valence-corrected chi connectivity index (χ4v) is 2.56. The third-order valence-electron chi connectivity index (χ3n) is 3.53. The van der Waals surface area contributed by atoms with Crippen LogP contribution in [0.4, 0.5) is 0 Å². The highest BCUT2D eigenvalue weighted by atomic mass is 15.1. The first-order valence-electron chi connectivity index (χ1n) is 7.17. The van der Waals surface area contributed by atoms with Crippen LogP contribution >= 0.6 is 0 Å². The molecule has 0 radical (unpaired) electrons. The van der Waals surface area contributed by atoms with Gasteiger partial charge in [0, 0.05) is 11.3 Å². The van der Waals surface area contributed by atoms with Gasteiger partial charge in [0.1, 0.15) is 5.82 Å². The summed E-state index contributed by atoms with van der Waals surface area (Å²) in [5.74, 6) is 0.975. The molecule has 0 N–H and O–H groups in total. The van der Waals surface area contributed by atoms with Crippen LogP contribution in [-0.2, 0) is 0 Å². The highest BCUT2D eigenvalue weighted by Crippen LogP contribution is 2.17. The van der Waals surface area contributed by atoms with Crippen LogP contribution < -0.4 is 10.7 Å². The molecule has 0 aliphatic rings. The maximum absolute atomic E-state index is 4.82. The number of rotatable bonds is 2. The Bertz CT molecular complexity index is 844. The van der Waals surface area contributed by atoms with E-state index < -0.39 is 0 Å². The van der Waals surface area contributed by atoms with Gasteiger partial charge in [-0.25, -0.2) is 4.98 Å². The van der Waals surface area contributed by atoms with Crippen LogP contribution in [0.2, 0.25) is 0 Å². The Balaban J connectivity index is 2.39. The second-order valence-electron chi connectivity index (χ2n) is 4.82. The molecule has 0 aliphatic carbocycles. The van der Waals surface area contributed by atoms with E-state index in [9.17, 15) is 0 Å². The van der Waals surface area contributed by atoms with Crippen molar-refractivity contribution in [3.05, 3.63) is 71.4 Å². The number of benzene rings is 2. The highest BCUT2D eigenvalue weighted by Gasteiger charge is 2.10. The lowest BCUT2D eigenvalue weighted by molar-refractivity contribution is 1.03. The molecule has 0 amide bonds. The van der Waals surface area contributed by atoms with Crippen LogP contribution in [0.15, 0.2) is 60.7 Å². The van der Waals surface area contributed by atoms with E-state index in [1.165, 1.54) is 0 Å². The molecular weight excluding hydrogens is 256 g/mol. The van der Waals surface area contributed by atoms with Gasteiger partial charge in [-0.2, -0.15) is 0 Å². The number of imidazole rings is 1. The van der Waals surface area contributed by atoms with Gasteiger partial charge in [-0.15, -0.1) is 0 Å². The summed E-state index contributed by atoms with van der Waals surface area (Å²) in [4.78, 5) is 4.82. The minimum absolute atomic E-state index is 0.975. The standard InChI is InChI=1S/C19H18N2/c1-3-17-18(4-2)21(16-13-9-6-10-14-16)19(20-17)15-11-7-5-8-12-15/h3-14H,1-2H3/b17-3+,18-4+. The fraction of sp³-hybridized carbons (Fsp3) is 0.105. The maximum Gasteiger partial charge on any atom is 0.145 e. The first kappa shape index (κ1) is 13.4. The summed E-state index contributed by atoms with van der Waals surface area (Å²) in [7, 11) is 0. The van der Waals surface area contributed by atoms with Crippen LogP contribution in [0.3, 0.4) is 0 Å². The third-order valence-corrected chi connectivity index (χ3v) is 3.53. The lowest BCUT2D eigenvalue weighted by atomic mass is 10.2. The third kappa shape index (κ3) is 2.40. The average Bonchev–Trinajstić information content (AvgIpc) is 2.95.